The normalized spacial score (nSPS) is 10.2. The Morgan fingerprint density at radius 2 is 2.20 bits per heavy atom. The lowest BCUT2D eigenvalue weighted by Crippen LogP contribution is -1.85. The highest BCUT2D eigenvalue weighted by Crippen LogP contribution is 2.27. The summed E-state index contributed by atoms with van der Waals surface area (Å²) in [5, 5.41) is 1.53. The van der Waals surface area contributed by atoms with E-state index in [1.807, 2.05) is 18.2 Å². The smallest absolute Gasteiger partial charge is 0.194 e. The van der Waals surface area contributed by atoms with Crippen molar-refractivity contribution in [3.05, 3.63) is 42.3 Å². The minimum absolute atomic E-state index is 0.0668. The molecule has 76 valence electrons. The molecule has 0 bridgehead atoms. The van der Waals surface area contributed by atoms with Crippen LogP contribution in [-0.2, 0) is 0 Å². The molecule has 3 nitrogen and oxygen atoms in total. The van der Waals surface area contributed by atoms with Gasteiger partial charge >= 0.3 is 0 Å². The third-order valence-electron chi connectivity index (χ3n) is 1.77. The third kappa shape index (κ3) is 2.47. The largest absolute Gasteiger partial charge is 0.446 e. The minimum atomic E-state index is -0.0668. The maximum atomic E-state index is 11.0. The first kappa shape index (κ1) is 9.98. The standard InChI is InChI=1S/C11H9NO2S/c1-8(13)9-5-6-11(14-9)15-10-4-2-3-7-12-10/h2-7H,1H3. The van der Waals surface area contributed by atoms with Crippen molar-refractivity contribution in [2.75, 3.05) is 0 Å². The number of rotatable bonds is 3. The summed E-state index contributed by atoms with van der Waals surface area (Å²) in [4.78, 5) is 15.1. The van der Waals surface area contributed by atoms with Crippen molar-refractivity contribution in [2.45, 2.75) is 17.0 Å². The van der Waals surface area contributed by atoms with Crippen molar-refractivity contribution >= 4 is 17.5 Å². The third-order valence-corrected chi connectivity index (χ3v) is 2.64. The first-order chi connectivity index (χ1) is 7.25. The number of furan rings is 1. The van der Waals surface area contributed by atoms with Gasteiger partial charge in [0, 0.05) is 13.1 Å². The lowest BCUT2D eigenvalue weighted by molar-refractivity contribution is 0.0982. The van der Waals surface area contributed by atoms with Crippen LogP contribution >= 0.6 is 11.8 Å². The summed E-state index contributed by atoms with van der Waals surface area (Å²) in [5.74, 6) is 0.316. The van der Waals surface area contributed by atoms with Crippen LogP contribution < -0.4 is 0 Å². The molecular weight excluding hydrogens is 210 g/mol. The number of pyridine rings is 1. The van der Waals surface area contributed by atoms with E-state index in [-0.39, 0.29) is 5.78 Å². The molecule has 2 heterocycles. The second-order valence-corrected chi connectivity index (χ2v) is 3.97. The molecule has 0 saturated carbocycles. The summed E-state index contributed by atoms with van der Waals surface area (Å²) < 4.78 is 5.32. The zero-order valence-electron chi connectivity index (χ0n) is 8.14. The number of hydrogen-bond acceptors (Lipinski definition) is 4. The van der Waals surface area contributed by atoms with Gasteiger partial charge in [0.05, 0.1) is 0 Å². The Balaban J connectivity index is 2.15. The first-order valence-corrected chi connectivity index (χ1v) is 5.27. The second kappa shape index (κ2) is 4.31. The molecule has 0 aromatic carbocycles. The Hall–Kier alpha value is -1.55. The molecule has 0 spiro atoms. The highest BCUT2D eigenvalue weighted by molar-refractivity contribution is 7.99. The van der Waals surface area contributed by atoms with Crippen molar-refractivity contribution in [2.24, 2.45) is 0 Å². The van der Waals surface area contributed by atoms with Crippen molar-refractivity contribution in [3.8, 4) is 0 Å². The molecule has 0 aliphatic carbocycles. The Morgan fingerprint density at radius 1 is 1.33 bits per heavy atom. The Bertz CT molecular complexity index is 464. The monoisotopic (exact) mass is 219 g/mol. The number of carbonyl (C=O) groups excluding carboxylic acids is 1. The van der Waals surface area contributed by atoms with E-state index in [1.165, 1.54) is 18.7 Å². The molecule has 0 aliphatic heterocycles. The van der Waals surface area contributed by atoms with Gasteiger partial charge in [0.25, 0.3) is 0 Å². The Kier molecular flexibility index (Phi) is 2.87. The maximum Gasteiger partial charge on any atom is 0.194 e. The van der Waals surface area contributed by atoms with Gasteiger partial charge in [-0.1, -0.05) is 6.07 Å². The van der Waals surface area contributed by atoms with Gasteiger partial charge in [-0.2, -0.15) is 0 Å². The lowest BCUT2D eigenvalue weighted by Gasteiger charge is -1.94. The summed E-state index contributed by atoms with van der Waals surface area (Å²) in [6, 6.07) is 9.10. The molecule has 4 heteroatoms. The van der Waals surface area contributed by atoms with Crippen LogP contribution in [0.3, 0.4) is 0 Å². The predicted molar refractivity (Wildman–Crippen MR) is 57.1 cm³/mol. The van der Waals surface area contributed by atoms with Gasteiger partial charge in [-0.05, 0) is 36.0 Å². The van der Waals surface area contributed by atoms with E-state index in [2.05, 4.69) is 4.98 Å². The predicted octanol–water partition coefficient (Wildman–Crippen LogP) is 3.03. The van der Waals surface area contributed by atoms with Crippen LogP contribution in [0, 0.1) is 0 Å². The second-order valence-electron chi connectivity index (χ2n) is 2.94. The van der Waals surface area contributed by atoms with Crippen LogP contribution in [0.15, 0.2) is 51.1 Å². The zero-order chi connectivity index (χ0) is 10.7. The van der Waals surface area contributed by atoms with E-state index in [9.17, 15) is 4.79 Å². The van der Waals surface area contributed by atoms with Crippen LogP contribution in [0.25, 0.3) is 0 Å². The van der Waals surface area contributed by atoms with E-state index >= 15 is 0 Å². The first-order valence-electron chi connectivity index (χ1n) is 4.45. The highest BCUT2D eigenvalue weighted by Gasteiger charge is 2.07. The SMILES string of the molecule is CC(=O)c1ccc(Sc2ccccn2)o1. The van der Waals surface area contributed by atoms with Crippen molar-refractivity contribution in [1.29, 1.82) is 0 Å². The maximum absolute atomic E-state index is 11.0. The molecule has 0 aliphatic rings. The number of aromatic nitrogens is 1. The molecule has 0 unspecified atom stereocenters. The van der Waals surface area contributed by atoms with Crippen LogP contribution in [0.2, 0.25) is 0 Å². The van der Waals surface area contributed by atoms with E-state index in [4.69, 9.17) is 4.42 Å². The van der Waals surface area contributed by atoms with Crippen molar-refractivity contribution in [3.63, 3.8) is 0 Å². The number of Topliss-reactive ketones (excluding diaryl/α,β-unsaturated/α-hetero) is 1. The molecule has 2 aromatic rings. The van der Waals surface area contributed by atoms with E-state index in [0.29, 0.717) is 10.9 Å². The minimum Gasteiger partial charge on any atom is -0.446 e. The van der Waals surface area contributed by atoms with Gasteiger partial charge in [-0.3, -0.25) is 4.79 Å². The quantitative estimate of drug-likeness (QED) is 0.744. The Morgan fingerprint density at radius 3 is 2.80 bits per heavy atom. The van der Waals surface area contributed by atoms with Crippen LogP contribution in [-0.4, -0.2) is 10.8 Å². The summed E-state index contributed by atoms with van der Waals surface area (Å²) in [6.45, 7) is 1.48. The van der Waals surface area contributed by atoms with Crippen LogP contribution in [0.5, 0.6) is 0 Å². The zero-order valence-corrected chi connectivity index (χ0v) is 8.95. The molecule has 0 fully saturated rings. The van der Waals surface area contributed by atoms with Crippen molar-refractivity contribution < 1.29 is 9.21 Å². The lowest BCUT2D eigenvalue weighted by atomic mass is 10.3. The van der Waals surface area contributed by atoms with Gasteiger partial charge in [0.1, 0.15) is 5.03 Å². The van der Waals surface area contributed by atoms with E-state index < -0.39 is 0 Å². The molecule has 0 amide bonds. The van der Waals surface area contributed by atoms with E-state index in [0.717, 1.165) is 5.03 Å². The molecule has 2 rings (SSSR count). The summed E-state index contributed by atoms with van der Waals surface area (Å²) in [5.41, 5.74) is 0. The van der Waals surface area contributed by atoms with Crippen LogP contribution in [0.4, 0.5) is 0 Å². The van der Waals surface area contributed by atoms with Gasteiger partial charge < -0.3 is 4.42 Å². The molecule has 0 atom stereocenters. The van der Waals surface area contributed by atoms with Gasteiger partial charge in [-0.25, -0.2) is 4.98 Å². The fraction of sp³-hybridized carbons (Fsp3) is 0.0909. The topological polar surface area (TPSA) is 43.1 Å². The fourth-order valence-electron chi connectivity index (χ4n) is 1.07. The Labute approximate surface area is 91.5 Å². The molecule has 0 radical (unpaired) electrons. The van der Waals surface area contributed by atoms with Gasteiger partial charge in [0.15, 0.2) is 16.6 Å². The number of nitrogens with zero attached hydrogens (tertiary/aromatic N) is 1. The summed E-state index contributed by atoms with van der Waals surface area (Å²) in [6.07, 6.45) is 1.72. The number of hydrogen-bond donors (Lipinski definition) is 0. The molecular formula is C11H9NO2S. The van der Waals surface area contributed by atoms with E-state index in [1.54, 1.807) is 18.3 Å². The number of ketones is 1. The summed E-state index contributed by atoms with van der Waals surface area (Å²) >= 11 is 1.40. The number of carbonyl (C=O) groups is 1. The highest BCUT2D eigenvalue weighted by atomic mass is 32.2. The molecule has 2 aromatic heterocycles. The molecule has 0 saturated heterocycles. The fourth-order valence-corrected chi connectivity index (χ4v) is 1.81. The molecule has 15 heavy (non-hydrogen) atoms. The van der Waals surface area contributed by atoms with Gasteiger partial charge in [-0.15, -0.1) is 0 Å². The van der Waals surface area contributed by atoms with Gasteiger partial charge in [0.2, 0.25) is 0 Å². The molecule has 0 N–H and O–H groups in total. The van der Waals surface area contributed by atoms with Crippen molar-refractivity contribution in [1.82, 2.24) is 4.98 Å². The average molecular weight is 219 g/mol. The van der Waals surface area contributed by atoms with Crippen LogP contribution in [0.1, 0.15) is 17.5 Å². The summed E-state index contributed by atoms with van der Waals surface area (Å²) in [7, 11) is 0. The average Bonchev–Trinajstić information content (AvgIpc) is 2.68.